The Hall–Kier alpha value is -2.96. The fraction of sp³-hybridized carbons (Fsp3) is 0.304. The number of fused-ring (bicyclic) bond motifs is 1. The van der Waals surface area contributed by atoms with Crippen molar-refractivity contribution in [1.82, 2.24) is 9.88 Å². The van der Waals surface area contributed by atoms with E-state index in [2.05, 4.69) is 9.71 Å². The molecule has 0 radical (unpaired) electrons. The average molecular weight is 523 g/mol. The lowest BCUT2D eigenvalue weighted by molar-refractivity contribution is -0.137. The largest absolute Gasteiger partial charge is 0.416 e. The number of nitrogens with one attached hydrogen (secondary N) is 1. The molecule has 1 unspecified atom stereocenters. The first-order valence-corrected chi connectivity index (χ1v) is 13.2. The molecule has 1 atom stereocenters. The zero-order chi connectivity index (χ0) is 24.8. The van der Waals surface area contributed by atoms with Gasteiger partial charge in [-0.15, -0.1) is 11.3 Å². The number of amides is 1. The second-order valence-corrected chi connectivity index (χ2v) is 11.0. The van der Waals surface area contributed by atoms with Crippen LogP contribution in [0.25, 0.3) is 0 Å². The third-order valence-electron chi connectivity index (χ3n) is 6.31. The topological polar surface area (TPSA) is 82.6 Å². The van der Waals surface area contributed by atoms with Crippen LogP contribution in [0.5, 0.6) is 0 Å². The molecular weight excluding hydrogens is 501 g/mol. The highest BCUT2D eigenvalue weighted by Crippen LogP contribution is 2.34. The molecule has 2 aliphatic heterocycles. The minimum absolute atomic E-state index is 0.0488. The van der Waals surface area contributed by atoms with Gasteiger partial charge in [0, 0.05) is 36.9 Å². The zero-order valence-electron chi connectivity index (χ0n) is 18.3. The van der Waals surface area contributed by atoms with Crippen molar-refractivity contribution in [3.05, 3.63) is 70.7 Å². The highest BCUT2D eigenvalue weighted by Gasteiger charge is 2.38. The zero-order valence-corrected chi connectivity index (χ0v) is 20.0. The Kier molecular flexibility index (Phi) is 6.06. The number of aromatic nitrogens is 1. The second kappa shape index (κ2) is 8.92. The minimum Gasteiger partial charge on any atom is -0.311 e. The molecule has 1 N–H and O–H groups in total. The normalized spacial score (nSPS) is 19.1. The van der Waals surface area contributed by atoms with Crippen molar-refractivity contribution in [2.24, 2.45) is 0 Å². The smallest absolute Gasteiger partial charge is 0.311 e. The van der Waals surface area contributed by atoms with Crippen LogP contribution in [-0.4, -0.2) is 43.3 Å². The summed E-state index contributed by atoms with van der Waals surface area (Å²) in [6.07, 6.45) is -1.79. The number of carbonyl (C=O) groups is 1. The number of benzene rings is 2. The van der Waals surface area contributed by atoms with Crippen LogP contribution in [0.4, 0.5) is 24.0 Å². The summed E-state index contributed by atoms with van der Waals surface area (Å²) >= 11 is 1.17. The fourth-order valence-corrected chi connectivity index (χ4v) is 6.32. The number of nitrogens with zero attached hydrogens (tertiary/aromatic N) is 3. The van der Waals surface area contributed by atoms with E-state index in [9.17, 15) is 26.4 Å². The molecule has 1 amide bonds. The van der Waals surface area contributed by atoms with E-state index in [1.165, 1.54) is 41.8 Å². The van der Waals surface area contributed by atoms with Gasteiger partial charge in [-0.2, -0.15) is 13.2 Å². The molecule has 1 aromatic heterocycles. The van der Waals surface area contributed by atoms with E-state index in [1.54, 1.807) is 22.4 Å². The fourth-order valence-electron chi connectivity index (χ4n) is 4.53. The predicted molar refractivity (Wildman–Crippen MR) is 126 cm³/mol. The molecule has 2 aromatic carbocycles. The Balaban J connectivity index is 1.29. The highest BCUT2D eigenvalue weighted by atomic mass is 32.2. The Bertz CT molecular complexity index is 1340. The minimum atomic E-state index is -4.41. The van der Waals surface area contributed by atoms with Gasteiger partial charge in [-0.1, -0.05) is 6.07 Å². The number of hydrogen-bond acceptors (Lipinski definition) is 6. The van der Waals surface area contributed by atoms with Crippen LogP contribution in [0, 0.1) is 0 Å². The molecule has 0 saturated carbocycles. The first-order chi connectivity index (χ1) is 16.6. The Morgan fingerprint density at radius 2 is 1.83 bits per heavy atom. The van der Waals surface area contributed by atoms with Crippen molar-refractivity contribution in [3.63, 3.8) is 0 Å². The van der Waals surface area contributed by atoms with Gasteiger partial charge in [-0.3, -0.25) is 14.4 Å². The summed E-state index contributed by atoms with van der Waals surface area (Å²) in [7, 11) is -3.80. The van der Waals surface area contributed by atoms with Crippen molar-refractivity contribution in [3.8, 4) is 0 Å². The number of anilines is 2. The van der Waals surface area contributed by atoms with Gasteiger partial charge in [-0.25, -0.2) is 13.4 Å². The summed E-state index contributed by atoms with van der Waals surface area (Å²) in [4.78, 5) is 20.7. The maximum atomic E-state index is 13.2. The molecule has 2 aliphatic rings. The van der Waals surface area contributed by atoms with Crippen molar-refractivity contribution in [2.75, 3.05) is 22.7 Å². The number of thiazole rings is 1. The van der Waals surface area contributed by atoms with Gasteiger partial charge in [0.25, 0.3) is 10.0 Å². The SMILES string of the molecule is O=C1C(N2CCc3ccc(C(F)(F)F)cc3C2)CCN1c1ccc(S(=O)(=O)Nc2nccs2)cc1. The van der Waals surface area contributed by atoms with Gasteiger partial charge in [0.05, 0.1) is 16.5 Å². The van der Waals surface area contributed by atoms with E-state index in [1.807, 2.05) is 4.90 Å². The maximum absolute atomic E-state index is 13.2. The molecular formula is C23H21F3N4O3S2. The number of hydrogen-bond donors (Lipinski definition) is 1. The Morgan fingerprint density at radius 1 is 1.06 bits per heavy atom. The van der Waals surface area contributed by atoms with Gasteiger partial charge >= 0.3 is 6.18 Å². The van der Waals surface area contributed by atoms with Gasteiger partial charge < -0.3 is 4.90 Å². The van der Waals surface area contributed by atoms with E-state index in [0.717, 1.165) is 11.6 Å². The van der Waals surface area contributed by atoms with Crippen LogP contribution < -0.4 is 9.62 Å². The first kappa shape index (κ1) is 23.8. The third kappa shape index (κ3) is 4.78. The third-order valence-corrected chi connectivity index (χ3v) is 8.48. The Morgan fingerprint density at radius 3 is 2.51 bits per heavy atom. The van der Waals surface area contributed by atoms with Crippen LogP contribution >= 0.6 is 11.3 Å². The van der Waals surface area contributed by atoms with Crippen LogP contribution in [0.3, 0.4) is 0 Å². The van der Waals surface area contributed by atoms with Crippen LogP contribution in [-0.2, 0) is 34.0 Å². The van der Waals surface area contributed by atoms with E-state index in [0.29, 0.717) is 37.2 Å². The quantitative estimate of drug-likeness (QED) is 0.545. The van der Waals surface area contributed by atoms with E-state index in [4.69, 9.17) is 0 Å². The molecule has 5 rings (SSSR count). The predicted octanol–water partition coefficient (Wildman–Crippen LogP) is 4.13. The summed E-state index contributed by atoms with van der Waals surface area (Å²) in [6.45, 7) is 1.31. The number of alkyl halides is 3. The van der Waals surface area contributed by atoms with Crippen LogP contribution in [0.1, 0.15) is 23.1 Å². The maximum Gasteiger partial charge on any atom is 0.416 e. The molecule has 12 heteroatoms. The summed E-state index contributed by atoms with van der Waals surface area (Å²) in [5.41, 5.74) is 1.36. The number of carbonyl (C=O) groups excluding carboxylic acids is 1. The second-order valence-electron chi connectivity index (χ2n) is 8.43. The number of sulfonamides is 1. The monoisotopic (exact) mass is 522 g/mol. The van der Waals surface area contributed by atoms with Crippen molar-refractivity contribution in [2.45, 2.75) is 36.5 Å². The van der Waals surface area contributed by atoms with Crippen LogP contribution in [0.2, 0.25) is 0 Å². The average Bonchev–Trinajstić information content (AvgIpc) is 3.47. The summed E-state index contributed by atoms with van der Waals surface area (Å²) in [5, 5.41) is 1.92. The first-order valence-electron chi connectivity index (χ1n) is 10.9. The van der Waals surface area contributed by atoms with Gasteiger partial charge in [0.2, 0.25) is 5.91 Å². The lowest BCUT2D eigenvalue weighted by Crippen LogP contribution is -2.44. The molecule has 35 heavy (non-hydrogen) atoms. The number of rotatable bonds is 5. The highest BCUT2D eigenvalue weighted by molar-refractivity contribution is 7.93. The lowest BCUT2D eigenvalue weighted by atomic mass is 9.96. The summed E-state index contributed by atoms with van der Waals surface area (Å²) in [5.74, 6) is -0.142. The van der Waals surface area contributed by atoms with Gasteiger partial charge in [0.1, 0.15) is 0 Å². The number of halogens is 3. The lowest BCUT2D eigenvalue weighted by Gasteiger charge is -2.33. The molecule has 7 nitrogen and oxygen atoms in total. The molecule has 1 fully saturated rings. The van der Waals surface area contributed by atoms with Crippen molar-refractivity contribution >= 4 is 38.1 Å². The summed E-state index contributed by atoms with van der Waals surface area (Å²) in [6, 6.07) is 9.40. The molecule has 0 spiro atoms. The molecule has 0 aliphatic carbocycles. The van der Waals surface area contributed by atoms with E-state index in [-0.39, 0.29) is 22.5 Å². The molecule has 1 saturated heterocycles. The molecule has 3 aromatic rings. The van der Waals surface area contributed by atoms with Crippen molar-refractivity contribution < 1.29 is 26.4 Å². The summed E-state index contributed by atoms with van der Waals surface area (Å²) < 4.78 is 66.9. The van der Waals surface area contributed by atoms with Crippen LogP contribution in [0.15, 0.2) is 58.9 Å². The Labute approximate surface area is 204 Å². The molecule has 3 heterocycles. The molecule has 0 bridgehead atoms. The van der Waals surface area contributed by atoms with Crippen molar-refractivity contribution in [1.29, 1.82) is 0 Å². The molecule has 184 valence electrons. The van der Waals surface area contributed by atoms with Gasteiger partial charge in [-0.05, 0) is 60.4 Å². The van der Waals surface area contributed by atoms with E-state index < -0.39 is 27.8 Å². The standard InChI is InChI=1S/C23H21F3N4O3S2/c24-23(25,26)17-2-1-15-7-10-29(14-16(15)13-17)20-8-11-30(21(20)31)18-3-5-19(6-4-18)35(32,33)28-22-27-9-12-34-22/h1-6,9,12-13,20H,7-8,10-11,14H2,(H,27,28). The van der Waals surface area contributed by atoms with Gasteiger partial charge in [0.15, 0.2) is 5.13 Å². The van der Waals surface area contributed by atoms with E-state index >= 15 is 0 Å².